The topological polar surface area (TPSA) is 96.4 Å². The van der Waals surface area contributed by atoms with Crippen molar-refractivity contribution in [2.75, 3.05) is 0 Å². The summed E-state index contributed by atoms with van der Waals surface area (Å²) < 4.78 is 25.0. The highest BCUT2D eigenvalue weighted by molar-refractivity contribution is 5.70. The first kappa shape index (κ1) is 12.3. The van der Waals surface area contributed by atoms with Crippen LogP contribution in [0, 0.1) is 0 Å². The first-order valence-electron chi connectivity index (χ1n) is 4.37. The molecule has 0 radical (unpaired) electrons. The minimum absolute atomic E-state index is 0.000602. The van der Waals surface area contributed by atoms with E-state index in [4.69, 9.17) is 10.8 Å². The van der Waals surface area contributed by atoms with Crippen LogP contribution in [0.25, 0.3) is 0 Å². The number of nitrogens with zero attached hydrogens (tertiary/aromatic N) is 1. The van der Waals surface area contributed by atoms with Crippen LogP contribution in [0.1, 0.15) is 23.4 Å². The normalized spacial score (nSPS) is 10.8. The number of hydrogen-bond acceptors (Lipinski definition) is 4. The Hall–Kier alpha value is -1.76. The summed E-state index contributed by atoms with van der Waals surface area (Å²) >= 11 is 0. The zero-order valence-electron chi connectivity index (χ0n) is 8.15. The molecule has 0 aliphatic carbocycles. The third-order valence-electron chi connectivity index (χ3n) is 1.94. The number of pyridine rings is 1. The monoisotopic (exact) mass is 232 g/mol. The summed E-state index contributed by atoms with van der Waals surface area (Å²) in [5.41, 5.74) is 4.36. The number of aromatic nitrogens is 1. The maximum absolute atomic E-state index is 12.5. The number of alkyl halides is 2. The first-order chi connectivity index (χ1) is 7.45. The van der Waals surface area contributed by atoms with Crippen molar-refractivity contribution in [2.45, 2.75) is 19.4 Å². The van der Waals surface area contributed by atoms with Crippen molar-refractivity contribution < 1.29 is 23.8 Å². The maximum atomic E-state index is 12.5. The zero-order valence-corrected chi connectivity index (χ0v) is 8.15. The number of carboxylic acid groups (broad SMARTS) is 1. The lowest BCUT2D eigenvalue weighted by Gasteiger charge is -2.09. The third-order valence-corrected chi connectivity index (χ3v) is 1.94. The second-order valence-corrected chi connectivity index (χ2v) is 3.07. The predicted octanol–water partition coefficient (Wildman–Crippen LogP) is 0.811. The third kappa shape index (κ3) is 2.63. The van der Waals surface area contributed by atoms with Gasteiger partial charge in [0, 0.05) is 12.1 Å². The second-order valence-electron chi connectivity index (χ2n) is 3.07. The standard InChI is InChI=1S/C9H10F2N2O3/c10-9(11)4-1-7(14)6(3-12)13-5(4)2-8(15)16/h1,9,14H,2-3,12H2,(H,15,16). The SMILES string of the molecule is NCc1nc(CC(=O)O)c(C(F)F)cc1O. The highest BCUT2D eigenvalue weighted by atomic mass is 19.3. The summed E-state index contributed by atoms with van der Waals surface area (Å²) in [5, 5.41) is 17.8. The highest BCUT2D eigenvalue weighted by Crippen LogP contribution is 2.27. The van der Waals surface area contributed by atoms with Gasteiger partial charge in [0.2, 0.25) is 0 Å². The van der Waals surface area contributed by atoms with Gasteiger partial charge in [0.05, 0.1) is 17.8 Å². The van der Waals surface area contributed by atoms with Crippen LogP contribution in [0.2, 0.25) is 0 Å². The number of aliphatic carboxylic acids is 1. The van der Waals surface area contributed by atoms with Crippen molar-refractivity contribution in [1.29, 1.82) is 0 Å². The van der Waals surface area contributed by atoms with E-state index in [0.717, 1.165) is 6.07 Å². The van der Waals surface area contributed by atoms with Gasteiger partial charge in [-0.25, -0.2) is 8.78 Å². The van der Waals surface area contributed by atoms with Gasteiger partial charge >= 0.3 is 5.97 Å². The molecule has 5 nitrogen and oxygen atoms in total. The number of carbonyl (C=O) groups is 1. The van der Waals surface area contributed by atoms with E-state index in [9.17, 15) is 18.7 Å². The quantitative estimate of drug-likeness (QED) is 0.713. The van der Waals surface area contributed by atoms with Crippen molar-refractivity contribution in [3.05, 3.63) is 23.0 Å². The molecule has 0 aliphatic rings. The fourth-order valence-corrected chi connectivity index (χ4v) is 1.22. The van der Waals surface area contributed by atoms with Crippen LogP contribution in [0.15, 0.2) is 6.07 Å². The number of carboxylic acids is 1. The average molecular weight is 232 g/mol. The molecule has 4 N–H and O–H groups in total. The molecule has 0 saturated carbocycles. The molecule has 16 heavy (non-hydrogen) atoms. The van der Waals surface area contributed by atoms with Crippen LogP contribution in [-0.2, 0) is 17.8 Å². The van der Waals surface area contributed by atoms with E-state index in [-0.39, 0.29) is 17.9 Å². The number of halogens is 2. The molecule has 0 spiro atoms. The summed E-state index contributed by atoms with van der Waals surface area (Å²) in [6, 6.07) is 0.804. The molecule has 7 heteroatoms. The Morgan fingerprint density at radius 1 is 1.50 bits per heavy atom. The van der Waals surface area contributed by atoms with Crippen LogP contribution >= 0.6 is 0 Å². The van der Waals surface area contributed by atoms with E-state index in [2.05, 4.69) is 4.98 Å². The summed E-state index contributed by atoms with van der Waals surface area (Å²) in [6.45, 7) is -0.151. The van der Waals surface area contributed by atoms with Gasteiger partial charge in [0.15, 0.2) is 0 Å². The smallest absolute Gasteiger partial charge is 0.309 e. The Morgan fingerprint density at radius 2 is 2.12 bits per heavy atom. The molecule has 1 heterocycles. The van der Waals surface area contributed by atoms with Gasteiger partial charge in [0.1, 0.15) is 5.75 Å². The van der Waals surface area contributed by atoms with Crippen LogP contribution in [0.3, 0.4) is 0 Å². The van der Waals surface area contributed by atoms with Gasteiger partial charge in [-0.2, -0.15) is 0 Å². The molecule has 0 bridgehead atoms. The van der Waals surface area contributed by atoms with Gasteiger partial charge in [0.25, 0.3) is 6.43 Å². The van der Waals surface area contributed by atoms with E-state index in [1.54, 1.807) is 0 Å². The van der Waals surface area contributed by atoms with Crippen molar-refractivity contribution in [2.24, 2.45) is 5.73 Å². The lowest BCUT2D eigenvalue weighted by atomic mass is 10.1. The first-order valence-corrected chi connectivity index (χ1v) is 4.37. The predicted molar refractivity (Wildman–Crippen MR) is 50.1 cm³/mol. The molecule has 1 aromatic heterocycles. The molecular weight excluding hydrogens is 222 g/mol. The van der Waals surface area contributed by atoms with Crippen LogP contribution in [-0.4, -0.2) is 21.2 Å². The van der Waals surface area contributed by atoms with Gasteiger partial charge in [-0.3, -0.25) is 9.78 Å². The summed E-state index contributed by atoms with van der Waals surface area (Å²) in [6.07, 6.45) is -3.52. The minimum atomic E-state index is -2.89. The lowest BCUT2D eigenvalue weighted by molar-refractivity contribution is -0.136. The second kappa shape index (κ2) is 4.84. The number of nitrogens with two attached hydrogens (primary N) is 1. The average Bonchev–Trinajstić information content (AvgIpc) is 2.19. The molecule has 0 fully saturated rings. The van der Waals surface area contributed by atoms with Gasteiger partial charge < -0.3 is 15.9 Å². The molecule has 1 rings (SSSR count). The van der Waals surface area contributed by atoms with E-state index in [0.29, 0.717) is 0 Å². The van der Waals surface area contributed by atoms with Crippen molar-refractivity contribution >= 4 is 5.97 Å². The Morgan fingerprint density at radius 3 is 2.56 bits per heavy atom. The van der Waals surface area contributed by atoms with E-state index >= 15 is 0 Å². The Balaban J connectivity index is 3.24. The fraction of sp³-hybridized carbons (Fsp3) is 0.333. The van der Waals surface area contributed by atoms with Crippen molar-refractivity contribution in [3.8, 4) is 5.75 Å². The molecular formula is C9H10F2N2O3. The largest absolute Gasteiger partial charge is 0.506 e. The van der Waals surface area contributed by atoms with Gasteiger partial charge in [-0.05, 0) is 6.07 Å². The molecule has 0 saturated heterocycles. The number of aromatic hydroxyl groups is 1. The molecule has 88 valence electrons. The fourth-order valence-electron chi connectivity index (χ4n) is 1.22. The molecule has 1 aromatic rings. The molecule has 0 aromatic carbocycles. The summed E-state index contributed by atoms with van der Waals surface area (Å²) in [7, 11) is 0. The number of hydrogen-bond donors (Lipinski definition) is 3. The molecule has 0 unspecified atom stereocenters. The number of rotatable bonds is 4. The maximum Gasteiger partial charge on any atom is 0.309 e. The van der Waals surface area contributed by atoms with E-state index in [1.165, 1.54) is 0 Å². The lowest BCUT2D eigenvalue weighted by Crippen LogP contribution is -2.10. The zero-order chi connectivity index (χ0) is 12.3. The van der Waals surface area contributed by atoms with Gasteiger partial charge in [-0.15, -0.1) is 0 Å². The van der Waals surface area contributed by atoms with Gasteiger partial charge in [-0.1, -0.05) is 0 Å². The van der Waals surface area contributed by atoms with E-state index < -0.39 is 30.1 Å². The highest BCUT2D eigenvalue weighted by Gasteiger charge is 2.19. The Bertz CT molecular complexity index is 410. The minimum Gasteiger partial charge on any atom is -0.506 e. The summed E-state index contributed by atoms with van der Waals surface area (Å²) in [4.78, 5) is 14.1. The van der Waals surface area contributed by atoms with Crippen molar-refractivity contribution in [3.63, 3.8) is 0 Å². The Labute approximate surface area is 89.5 Å². The van der Waals surface area contributed by atoms with Crippen LogP contribution < -0.4 is 5.73 Å². The van der Waals surface area contributed by atoms with Crippen molar-refractivity contribution in [1.82, 2.24) is 4.98 Å². The van der Waals surface area contributed by atoms with E-state index in [1.807, 2.05) is 0 Å². The molecule has 0 aliphatic heterocycles. The Kier molecular flexibility index (Phi) is 3.73. The molecule has 0 atom stereocenters. The van der Waals surface area contributed by atoms with Crippen LogP contribution in [0.4, 0.5) is 8.78 Å². The van der Waals surface area contributed by atoms with Crippen LogP contribution in [0.5, 0.6) is 5.75 Å². The molecule has 0 amide bonds. The summed E-state index contributed by atoms with van der Waals surface area (Å²) in [5.74, 6) is -1.73.